The van der Waals surface area contributed by atoms with E-state index < -0.39 is 0 Å². The molecular weight excluding hydrogens is 100 g/mol. The molecule has 0 aliphatic heterocycles. The minimum atomic E-state index is 0.222. The Morgan fingerprint density at radius 1 is 1.50 bits per heavy atom. The van der Waals surface area contributed by atoms with Gasteiger partial charge in [-0.25, -0.2) is 0 Å². The van der Waals surface area contributed by atoms with Crippen molar-refractivity contribution in [2.45, 2.75) is 0 Å². The van der Waals surface area contributed by atoms with Gasteiger partial charge in [0.05, 0.1) is 5.41 Å². The Hall–Kier alpha value is -0.590. The Morgan fingerprint density at radius 3 is 2.62 bits per heavy atom. The van der Waals surface area contributed by atoms with Crippen LogP contribution in [-0.4, -0.2) is 6.29 Å². The van der Waals surface area contributed by atoms with Crippen molar-refractivity contribution in [1.29, 1.82) is 0 Å². The van der Waals surface area contributed by atoms with Crippen molar-refractivity contribution < 1.29 is 4.79 Å². The summed E-state index contributed by atoms with van der Waals surface area (Å²) in [5.41, 5.74) is 3.46. The van der Waals surface area contributed by atoms with Crippen LogP contribution in [0.3, 0.4) is 0 Å². The van der Waals surface area contributed by atoms with Gasteiger partial charge < -0.3 is 4.79 Å². The number of rotatable bonds is 1. The summed E-state index contributed by atoms with van der Waals surface area (Å²) < 4.78 is 0. The normalized spacial score (nSPS) is 74.8. The number of carbonyl (C=O) groups is 1. The van der Waals surface area contributed by atoms with Crippen LogP contribution in [0.2, 0.25) is 0 Å². The molecule has 0 aromatic carbocycles. The van der Waals surface area contributed by atoms with Crippen LogP contribution in [0.4, 0.5) is 0 Å². The highest BCUT2D eigenvalue weighted by Gasteiger charge is 2.98. The van der Waals surface area contributed by atoms with E-state index in [0.717, 1.165) is 17.8 Å². The first-order chi connectivity index (χ1) is 3.93. The average molecular weight is 104 g/mol. The molecule has 0 bridgehead atoms. The predicted molar refractivity (Wildman–Crippen MR) is 26.0 cm³/mol. The molecule has 1 heteroatoms. The quantitative estimate of drug-likeness (QED) is 0.347. The molecule has 4 atom stereocenters. The van der Waals surface area contributed by atoms with Gasteiger partial charge in [-0.05, 0) is 5.92 Å². The maximum atomic E-state index is 10.4. The molecule has 0 aromatic heterocycles. The maximum Gasteiger partial charge on any atom is 0.131 e. The second-order valence-corrected chi connectivity index (χ2v) is 3.40. The zero-order valence-electron chi connectivity index (χ0n) is 4.22. The van der Waals surface area contributed by atoms with Gasteiger partial charge in [-0.2, -0.15) is 0 Å². The van der Waals surface area contributed by atoms with Crippen molar-refractivity contribution in [3.05, 3.63) is 11.1 Å². The molecule has 5 aliphatic rings. The summed E-state index contributed by atoms with van der Waals surface area (Å²) in [7, 11) is 0. The molecule has 3 fully saturated rings. The first-order valence-corrected chi connectivity index (χ1v) is 3.13. The summed E-state index contributed by atoms with van der Waals surface area (Å²) in [4.78, 5) is 10.4. The zero-order valence-corrected chi connectivity index (χ0v) is 4.22. The van der Waals surface area contributed by atoms with Crippen molar-refractivity contribution in [1.82, 2.24) is 0 Å². The Balaban J connectivity index is 2.20. The lowest BCUT2D eigenvalue weighted by Gasteiger charge is -2.14. The third kappa shape index (κ3) is 0.0644. The molecule has 38 valence electrons. The summed E-state index contributed by atoms with van der Waals surface area (Å²) in [6, 6.07) is 0. The molecule has 0 radical (unpaired) electrons. The zero-order chi connectivity index (χ0) is 5.09. The summed E-state index contributed by atoms with van der Waals surface area (Å²) in [5.74, 6) is 2.56. The highest BCUT2D eigenvalue weighted by molar-refractivity contribution is 5.96. The van der Waals surface area contributed by atoms with Crippen molar-refractivity contribution in [3.63, 3.8) is 0 Å². The van der Waals surface area contributed by atoms with E-state index in [9.17, 15) is 4.79 Å². The largest absolute Gasteiger partial charge is 0.302 e. The van der Waals surface area contributed by atoms with Gasteiger partial charge >= 0.3 is 0 Å². The number of hydrogen-bond donors (Lipinski definition) is 0. The molecule has 0 aromatic rings. The highest BCUT2D eigenvalue weighted by atomic mass is 16.1. The predicted octanol–water partition coefficient (Wildman–Crippen LogP) is 0.371. The fourth-order valence-electron chi connectivity index (χ4n) is 3.13. The van der Waals surface area contributed by atoms with Crippen LogP contribution in [0, 0.1) is 23.2 Å². The van der Waals surface area contributed by atoms with E-state index in [1.165, 1.54) is 6.29 Å². The fraction of sp³-hybridized carbons (Fsp3) is 0.571. The lowest BCUT2D eigenvalue weighted by molar-refractivity contribution is -0.114. The number of carbonyl (C=O) groups excluding carboxylic acids is 1. The molecule has 8 heavy (non-hydrogen) atoms. The van der Waals surface area contributed by atoms with Crippen LogP contribution < -0.4 is 0 Å². The van der Waals surface area contributed by atoms with E-state index >= 15 is 0 Å². The third-order valence-electron chi connectivity index (χ3n) is 3.53. The second-order valence-electron chi connectivity index (χ2n) is 3.40. The molecule has 0 spiro atoms. The minimum Gasteiger partial charge on any atom is -0.302 e. The summed E-state index contributed by atoms with van der Waals surface area (Å²) in [5, 5.41) is 0. The van der Waals surface area contributed by atoms with Gasteiger partial charge in [0.15, 0.2) is 0 Å². The smallest absolute Gasteiger partial charge is 0.131 e. The van der Waals surface area contributed by atoms with E-state index in [-0.39, 0.29) is 5.41 Å². The molecule has 5 aliphatic carbocycles. The molecule has 0 N–H and O–H groups in total. The van der Waals surface area contributed by atoms with Crippen LogP contribution in [0.1, 0.15) is 0 Å². The monoisotopic (exact) mass is 104 g/mol. The molecule has 3 saturated carbocycles. The second kappa shape index (κ2) is 0.409. The first kappa shape index (κ1) is 2.81. The molecule has 5 rings (SSSR count). The summed E-state index contributed by atoms with van der Waals surface area (Å²) in [6.45, 7) is 0. The van der Waals surface area contributed by atoms with Crippen molar-refractivity contribution in [3.8, 4) is 0 Å². The Morgan fingerprint density at radius 2 is 2.38 bits per heavy atom. The number of hydrogen-bond acceptors (Lipinski definition) is 1. The summed E-state index contributed by atoms with van der Waals surface area (Å²) in [6.07, 6.45) is 1.19. The van der Waals surface area contributed by atoms with E-state index in [4.69, 9.17) is 0 Å². The van der Waals surface area contributed by atoms with E-state index in [0.29, 0.717) is 0 Å². The van der Waals surface area contributed by atoms with Gasteiger partial charge in [0.25, 0.3) is 0 Å². The van der Waals surface area contributed by atoms with E-state index in [2.05, 4.69) is 0 Å². The standard InChI is InChI=1S/C7H4O/c8-1-7-4-2-3(4)6(7)5(2)7/h1-2,4-5H. The third-order valence-corrected chi connectivity index (χ3v) is 3.53. The van der Waals surface area contributed by atoms with Crippen LogP contribution >= 0.6 is 0 Å². The number of aldehydes is 1. The van der Waals surface area contributed by atoms with Crippen LogP contribution in [0.25, 0.3) is 0 Å². The van der Waals surface area contributed by atoms with Gasteiger partial charge in [-0.15, -0.1) is 0 Å². The Labute approximate surface area is 46.4 Å². The van der Waals surface area contributed by atoms with Crippen LogP contribution in [0.15, 0.2) is 11.1 Å². The highest BCUT2D eigenvalue weighted by Crippen LogP contribution is 3.02. The van der Waals surface area contributed by atoms with Crippen LogP contribution in [0.5, 0.6) is 0 Å². The maximum absolute atomic E-state index is 10.4. The SMILES string of the molecule is O=CC12C3=C4C(C41)C32. The van der Waals surface area contributed by atoms with Crippen LogP contribution in [-0.2, 0) is 4.79 Å². The molecule has 0 amide bonds. The van der Waals surface area contributed by atoms with Gasteiger partial charge in [0.2, 0.25) is 0 Å². The first-order valence-electron chi connectivity index (χ1n) is 3.13. The summed E-state index contributed by atoms with van der Waals surface area (Å²) >= 11 is 0. The molecule has 0 saturated heterocycles. The Bertz CT molecular complexity index is 268. The van der Waals surface area contributed by atoms with E-state index in [1.807, 2.05) is 0 Å². The van der Waals surface area contributed by atoms with Crippen molar-refractivity contribution in [2.24, 2.45) is 23.2 Å². The van der Waals surface area contributed by atoms with Gasteiger partial charge in [0, 0.05) is 11.8 Å². The van der Waals surface area contributed by atoms with Gasteiger partial charge in [0.1, 0.15) is 6.29 Å². The van der Waals surface area contributed by atoms with Gasteiger partial charge in [-0.3, -0.25) is 0 Å². The van der Waals surface area contributed by atoms with Crippen molar-refractivity contribution in [2.75, 3.05) is 0 Å². The molecule has 0 heterocycles. The average Bonchev–Trinajstić information content (AvgIpc) is 2.12. The number of allylic oxidation sites excluding steroid dienone is 2. The van der Waals surface area contributed by atoms with E-state index in [1.54, 1.807) is 11.1 Å². The Kier molecular flexibility index (Phi) is 0.144. The minimum absolute atomic E-state index is 0.222. The molecule has 4 unspecified atom stereocenters. The lowest BCUT2D eigenvalue weighted by atomic mass is 9.85. The molecule has 1 nitrogen and oxygen atoms in total. The van der Waals surface area contributed by atoms with Crippen molar-refractivity contribution >= 4 is 6.29 Å². The van der Waals surface area contributed by atoms with Gasteiger partial charge in [-0.1, -0.05) is 11.1 Å². The lowest BCUT2D eigenvalue weighted by Crippen LogP contribution is -2.20. The topological polar surface area (TPSA) is 17.1 Å². The molecular formula is C7H4O. The fourth-order valence-corrected chi connectivity index (χ4v) is 3.13.